The van der Waals surface area contributed by atoms with Crippen molar-refractivity contribution in [2.24, 2.45) is 0 Å². The summed E-state index contributed by atoms with van der Waals surface area (Å²) >= 11 is 6.18. The van der Waals surface area contributed by atoms with Gasteiger partial charge in [0.1, 0.15) is 5.76 Å². The van der Waals surface area contributed by atoms with E-state index in [1.807, 2.05) is 6.92 Å². The van der Waals surface area contributed by atoms with Crippen molar-refractivity contribution in [3.05, 3.63) is 52.7 Å². The van der Waals surface area contributed by atoms with Gasteiger partial charge in [0, 0.05) is 5.69 Å². The molecule has 0 saturated carbocycles. The number of pyridine rings is 1. The van der Waals surface area contributed by atoms with E-state index >= 15 is 0 Å². The maximum absolute atomic E-state index is 6.18. The summed E-state index contributed by atoms with van der Waals surface area (Å²) in [6.07, 6.45) is 5.06. The van der Waals surface area contributed by atoms with Crippen LogP contribution in [0.2, 0.25) is 5.02 Å². The molecule has 0 amide bonds. The smallest absolute Gasteiger partial charge is 0.129 e. The Labute approximate surface area is 100 Å². The van der Waals surface area contributed by atoms with E-state index in [1.165, 1.54) is 0 Å². The van der Waals surface area contributed by atoms with Gasteiger partial charge in [-0.1, -0.05) is 30.8 Å². The summed E-state index contributed by atoms with van der Waals surface area (Å²) in [5.74, 6) is 0.602. The summed E-state index contributed by atoms with van der Waals surface area (Å²) in [5.41, 5.74) is 0.848. The second kappa shape index (κ2) is 5.52. The molecular formula is C13H14ClNO. The van der Waals surface area contributed by atoms with Crippen molar-refractivity contribution in [2.45, 2.75) is 6.92 Å². The van der Waals surface area contributed by atoms with Crippen molar-refractivity contribution < 1.29 is 4.74 Å². The van der Waals surface area contributed by atoms with Gasteiger partial charge in [0.25, 0.3) is 0 Å². The summed E-state index contributed by atoms with van der Waals surface area (Å²) in [7, 11) is 1.57. The molecule has 2 nitrogen and oxygen atoms in total. The Balaban J connectivity index is 3.87. The van der Waals surface area contributed by atoms with Gasteiger partial charge < -0.3 is 4.74 Å². The van der Waals surface area contributed by atoms with Crippen LogP contribution in [0.4, 0.5) is 0 Å². The minimum Gasteiger partial charge on any atom is -0.496 e. The van der Waals surface area contributed by atoms with Crippen LogP contribution in [-0.4, -0.2) is 12.1 Å². The van der Waals surface area contributed by atoms with Crippen molar-refractivity contribution in [1.29, 1.82) is 0 Å². The van der Waals surface area contributed by atoms with Crippen molar-refractivity contribution >= 4 is 23.4 Å². The molecule has 0 aromatic carbocycles. The van der Waals surface area contributed by atoms with Crippen LogP contribution >= 0.6 is 11.6 Å². The molecule has 16 heavy (non-hydrogen) atoms. The molecular weight excluding hydrogens is 222 g/mol. The van der Waals surface area contributed by atoms with E-state index in [-0.39, 0.29) is 0 Å². The monoisotopic (exact) mass is 235 g/mol. The molecule has 0 saturated heterocycles. The van der Waals surface area contributed by atoms with Crippen LogP contribution in [-0.2, 0) is 4.74 Å². The van der Waals surface area contributed by atoms with Crippen LogP contribution in [0.5, 0.6) is 0 Å². The maximum Gasteiger partial charge on any atom is 0.129 e. The fraction of sp³-hybridized carbons (Fsp3) is 0.154. The molecule has 0 radical (unpaired) electrons. The minimum atomic E-state index is 0.595. The van der Waals surface area contributed by atoms with E-state index in [9.17, 15) is 0 Å². The number of rotatable bonds is 3. The first-order valence-electron chi connectivity index (χ1n) is 4.80. The van der Waals surface area contributed by atoms with Gasteiger partial charge in [0.2, 0.25) is 0 Å². The third-order valence-corrected chi connectivity index (χ3v) is 2.35. The third-order valence-electron chi connectivity index (χ3n) is 2.05. The van der Waals surface area contributed by atoms with Gasteiger partial charge in [0.15, 0.2) is 0 Å². The van der Waals surface area contributed by atoms with Gasteiger partial charge in [0.05, 0.1) is 22.7 Å². The average Bonchev–Trinajstić information content (AvgIpc) is 2.23. The summed E-state index contributed by atoms with van der Waals surface area (Å²) in [4.78, 5) is 4.38. The number of halogens is 1. The predicted octanol–water partition coefficient (Wildman–Crippen LogP) is 1.95. The van der Waals surface area contributed by atoms with Crippen LogP contribution in [0.1, 0.15) is 5.69 Å². The highest BCUT2D eigenvalue weighted by Crippen LogP contribution is 2.03. The molecule has 0 aliphatic rings. The lowest BCUT2D eigenvalue weighted by molar-refractivity contribution is 0.370. The van der Waals surface area contributed by atoms with E-state index in [1.54, 1.807) is 31.4 Å². The Kier molecular flexibility index (Phi) is 4.32. The number of nitrogens with zero attached hydrogens (tertiary/aromatic N) is 1. The lowest BCUT2D eigenvalue weighted by Crippen LogP contribution is -2.32. The molecule has 1 aromatic rings. The van der Waals surface area contributed by atoms with Crippen molar-refractivity contribution in [3.63, 3.8) is 0 Å². The number of aryl methyl sites for hydroxylation is 1. The zero-order chi connectivity index (χ0) is 12.1. The third kappa shape index (κ3) is 2.52. The second-order valence-electron chi connectivity index (χ2n) is 3.18. The predicted molar refractivity (Wildman–Crippen MR) is 68.5 cm³/mol. The van der Waals surface area contributed by atoms with Crippen molar-refractivity contribution in [3.8, 4) is 0 Å². The number of allylic oxidation sites excluding steroid dienone is 1. The highest BCUT2D eigenvalue weighted by molar-refractivity contribution is 6.30. The zero-order valence-electron chi connectivity index (χ0n) is 9.46. The molecule has 1 rings (SSSR count). The fourth-order valence-electron chi connectivity index (χ4n) is 1.42. The summed E-state index contributed by atoms with van der Waals surface area (Å²) in [6, 6.07) is 1.79. The highest BCUT2D eigenvalue weighted by Gasteiger charge is 2.02. The molecule has 0 aliphatic heterocycles. The summed E-state index contributed by atoms with van der Waals surface area (Å²) in [5, 5.41) is 2.07. The molecule has 0 atom stereocenters. The second-order valence-corrected chi connectivity index (χ2v) is 3.59. The zero-order valence-corrected chi connectivity index (χ0v) is 10.2. The SMILES string of the molecule is C=C/C=c1/nc(C)cc(Cl)/c1=C(/C=C)OC. The molecule has 0 aliphatic carbocycles. The summed E-state index contributed by atoms with van der Waals surface area (Å²) < 4.78 is 5.21. The largest absolute Gasteiger partial charge is 0.496 e. The molecule has 0 N–H and O–H groups in total. The van der Waals surface area contributed by atoms with E-state index in [0.29, 0.717) is 10.8 Å². The number of hydrogen-bond acceptors (Lipinski definition) is 2. The molecule has 0 spiro atoms. The first kappa shape index (κ1) is 12.5. The Hall–Kier alpha value is -1.54. The highest BCUT2D eigenvalue weighted by atomic mass is 35.5. The molecule has 1 heterocycles. The molecule has 3 heteroatoms. The topological polar surface area (TPSA) is 22.1 Å². The Morgan fingerprint density at radius 2 is 2.19 bits per heavy atom. The van der Waals surface area contributed by atoms with E-state index in [0.717, 1.165) is 16.3 Å². The van der Waals surface area contributed by atoms with Gasteiger partial charge in [-0.3, -0.25) is 4.98 Å². The van der Waals surface area contributed by atoms with Gasteiger partial charge >= 0.3 is 0 Å². The van der Waals surface area contributed by atoms with Crippen LogP contribution in [0.15, 0.2) is 31.4 Å². The van der Waals surface area contributed by atoms with Crippen LogP contribution in [0.25, 0.3) is 11.8 Å². The van der Waals surface area contributed by atoms with E-state index < -0.39 is 0 Å². The van der Waals surface area contributed by atoms with Gasteiger partial charge in [-0.25, -0.2) is 0 Å². The lowest BCUT2D eigenvalue weighted by atomic mass is 10.2. The van der Waals surface area contributed by atoms with Gasteiger partial charge in [-0.2, -0.15) is 0 Å². The lowest BCUT2D eigenvalue weighted by Gasteiger charge is -2.03. The first-order valence-corrected chi connectivity index (χ1v) is 5.18. The minimum absolute atomic E-state index is 0.595. The Morgan fingerprint density at radius 3 is 2.69 bits per heavy atom. The van der Waals surface area contributed by atoms with Crippen molar-refractivity contribution in [1.82, 2.24) is 4.98 Å². The Bertz CT molecular complexity index is 532. The van der Waals surface area contributed by atoms with E-state index in [2.05, 4.69) is 18.1 Å². The molecule has 84 valence electrons. The van der Waals surface area contributed by atoms with Crippen LogP contribution in [0.3, 0.4) is 0 Å². The van der Waals surface area contributed by atoms with Crippen molar-refractivity contribution in [2.75, 3.05) is 7.11 Å². The van der Waals surface area contributed by atoms with Crippen LogP contribution < -0.4 is 10.6 Å². The number of hydrogen-bond donors (Lipinski definition) is 0. The standard InChI is InChI=1S/C13H14ClNO/c1-5-7-11-13(12(6-2)16-4)10(14)8-9(3)15-11/h5-8H,1-2H2,3-4H3/b11-7+,13-12+. The molecule has 1 aromatic heterocycles. The molecule has 0 bridgehead atoms. The average molecular weight is 236 g/mol. The summed E-state index contributed by atoms with van der Waals surface area (Å²) in [6.45, 7) is 9.22. The van der Waals surface area contributed by atoms with Gasteiger partial charge in [-0.05, 0) is 25.1 Å². The Morgan fingerprint density at radius 1 is 1.50 bits per heavy atom. The maximum atomic E-state index is 6.18. The van der Waals surface area contributed by atoms with Crippen LogP contribution in [0, 0.1) is 6.92 Å². The van der Waals surface area contributed by atoms with Gasteiger partial charge in [-0.15, -0.1) is 0 Å². The van der Waals surface area contributed by atoms with E-state index in [4.69, 9.17) is 16.3 Å². The molecule has 0 unspecified atom stereocenters. The first-order chi connectivity index (χ1) is 7.63. The normalized spacial score (nSPS) is 13.3. The number of aromatic nitrogens is 1. The number of methoxy groups -OCH3 is 1. The molecule has 0 fully saturated rings. The fourth-order valence-corrected chi connectivity index (χ4v) is 1.77. The number of ether oxygens (including phenoxy) is 1. The quantitative estimate of drug-likeness (QED) is 0.799.